The molecule has 84 valence electrons. The maximum Gasteiger partial charge on any atom is 0.140 e. The molecular weight excluding hydrogens is 198 g/mol. The highest BCUT2D eigenvalue weighted by Crippen LogP contribution is 2.21. The average Bonchev–Trinajstić information content (AvgIpc) is 2.54. The van der Waals surface area contributed by atoms with Gasteiger partial charge in [-0.25, -0.2) is 4.98 Å². The second kappa shape index (κ2) is 4.10. The van der Waals surface area contributed by atoms with E-state index in [4.69, 9.17) is 5.73 Å². The maximum atomic E-state index is 5.71. The summed E-state index contributed by atoms with van der Waals surface area (Å²) in [4.78, 5) is 4.58. The van der Waals surface area contributed by atoms with Gasteiger partial charge in [-0.1, -0.05) is 23.8 Å². The third kappa shape index (κ3) is 1.74. The fraction of sp³-hybridized carbons (Fsp3) is 0.308. The normalized spacial score (nSPS) is 10.8. The van der Waals surface area contributed by atoms with E-state index in [1.807, 2.05) is 14.0 Å². The van der Waals surface area contributed by atoms with E-state index < -0.39 is 0 Å². The molecule has 1 aromatic carbocycles. The van der Waals surface area contributed by atoms with Crippen molar-refractivity contribution in [3.05, 3.63) is 41.2 Å². The van der Waals surface area contributed by atoms with Crippen LogP contribution < -0.4 is 5.73 Å². The van der Waals surface area contributed by atoms with Gasteiger partial charge >= 0.3 is 0 Å². The number of hydrogen-bond donors (Lipinski definition) is 1. The van der Waals surface area contributed by atoms with Gasteiger partial charge in [0.15, 0.2) is 0 Å². The Hall–Kier alpha value is -1.61. The maximum absolute atomic E-state index is 5.71. The molecule has 0 unspecified atom stereocenters. The zero-order valence-electron chi connectivity index (χ0n) is 9.99. The van der Waals surface area contributed by atoms with Crippen molar-refractivity contribution >= 4 is 0 Å². The molecule has 0 saturated heterocycles. The van der Waals surface area contributed by atoms with Gasteiger partial charge in [-0.05, 0) is 19.9 Å². The Bertz CT molecular complexity index is 512. The van der Waals surface area contributed by atoms with Crippen LogP contribution in [0.5, 0.6) is 0 Å². The molecule has 0 aliphatic carbocycles. The molecule has 0 fully saturated rings. The highest BCUT2D eigenvalue weighted by atomic mass is 15.1. The van der Waals surface area contributed by atoms with Crippen LogP contribution >= 0.6 is 0 Å². The van der Waals surface area contributed by atoms with Crippen molar-refractivity contribution in [1.29, 1.82) is 0 Å². The van der Waals surface area contributed by atoms with E-state index in [1.54, 1.807) is 0 Å². The minimum absolute atomic E-state index is 0.529. The van der Waals surface area contributed by atoms with E-state index in [9.17, 15) is 0 Å². The van der Waals surface area contributed by atoms with Crippen LogP contribution in [-0.2, 0) is 13.6 Å². The first kappa shape index (κ1) is 10.9. The second-order valence-corrected chi connectivity index (χ2v) is 4.10. The smallest absolute Gasteiger partial charge is 0.140 e. The van der Waals surface area contributed by atoms with Gasteiger partial charge in [-0.3, -0.25) is 0 Å². The molecule has 0 atom stereocenters. The summed E-state index contributed by atoms with van der Waals surface area (Å²) in [7, 11) is 2.01. The van der Waals surface area contributed by atoms with Gasteiger partial charge in [-0.2, -0.15) is 0 Å². The van der Waals surface area contributed by atoms with Crippen molar-refractivity contribution < 1.29 is 0 Å². The summed E-state index contributed by atoms with van der Waals surface area (Å²) in [5.41, 5.74) is 10.2. The zero-order chi connectivity index (χ0) is 11.7. The lowest BCUT2D eigenvalue weighted by Gasteiger charge is -2.05. The molecule has 3 heteroatoms. The Labute approximate surface area is 95.9 Å². The monoisotopic (exact) mass is 215 g/mol. The molecule has 2 aromatic rings. The van der Waals surface area contributed by atoms with Crippen molar-refractivity contribution in [2.24, 2.45) is 12.8 Å². The van der Waals surface area contributed by atoms with Gasteiger partial charge < -0.3 is 10.3 Å². The zero-order valence-corrected chi connectivity index (χ0v) is 9.99. The second-order valence-electron chi connectivity index (χ2n) is 4.10. The number of aryl methyl sites for hydroxylation is 2. The molecule has 0 saturated carbocycles. The average molecular weight is 215 g/mol. The van der Waals surface area contributed by atoms with Crippen LogP contribution in [0.1, 0.15) is 17.0 Å². The van der Waals surface area contributed by atoms with Crippen LogP contribution in [-0.4, -0.2) is 9.55 Å². The third-order valence-electron chi connectivity index (χ3n) is 2.88. The number of nitrogens with zero attached hydrogens (tertiary/aromatic N) is 2. The van der Waals surface area contributed by atoms with E-state index in [-0.39, 0.29) is 0 Å². The molecule has 0 aliphatic heterocycles. The molecule has 0 amide bonds. The lowest BCUT2D eigenvalue weighted by molar-refractivity contribution is 0.823. The third-order valence-corrected chi connectivity index (χ3v) is 2.88. The first-order chi connectivity index (χ1) is 7.63. The van der Waals surface area contributed by atoms with Crippen LogP contribution in [0.2, 0.25) is 0 Å². The van der Waals surface area contributed by atoms with E-state index in [0.29, 0.717) is 6.54 Å². The van der Waals surface area contributed by atoms with Crippen molar-refractivity contribution in [3.8, 4) is 11.4 Å². The highest BCUT2D eigenvalue weighted by Gasteiger charge is 2.11. The van der Waals surface area contributed by atoms with Crippen molar-refractivity contribution in [3.63, 3.8) is 0 Å². The fourth-order valence-corrected chi connectivity index (χ4v) is 2.00. The number of nitrogens with two attached hydrogens (primary N) is 1. The lowest BCUT2D eigenvalue weighted by atomic mass is 10.1. The lowest BCUT2D eigenvalue weighted by Crippen LogP contribution is -2.05. The molecule has 2 N–H and O–H groups in total. The van der Waals surface area contributed by atoms with Gasteiger partial charge in [0.25, 0.3) is 0 Å². The molecule has 3 nitrogen and oxygen atoms in total. The first-order valence-electron chi connectivity index (χ1n) is 5.42. The van der Waals surface area contributed by atoms with Gasteiger partial charge in [0.05, 0.1) is 11.4 Å². The Morgan fingerprint density at radius 2 is 2.06 bits per heavy atom. The molecule has 0 aliphatic rings. The van der Waals surface area contributed by atoms with Crippen molar-refractivity contribution in [2.75, 3.05) is 0 Å². The standard InChI is InChI=1S/C13H17N3/c1-9-5-4-6-11(7-9)13-15-10(2)12(8-14)16(13)3/h4-7H,8,14H2,1-3H3. The molecule has 1 aromatic heterocycles. The summed E-state index contributed by atoms with van der Waals surface area (Å²) < 4.78 is 2.07. The molecular formula is C13H17N3. The number of benzene rings is 1. The number of hydrogen-bond acceptors (Lipinski definition) is 2. The topological polar surface area (TPSA) is 43.8 Å². The van der Waals surface area contributed by atoms with Crippen molar-refractivity contribution in [1.82, 2.24) is 9.55 Å². The Morgan fingerprint density at radius 1 is 1.31 bits per heavy atom. The minimum Gasteiger partial charge on any atom is -0.330 e. The molecule has 1 heterocycles. The first-order valence-corrected chi connectivity index (χ1v) is 5.42. The minimum atomic E-state index is 0.529. The van der Waals surface area contributed by atoms with Crippen molar-refractivity contribution in [2.45, 2.75) is 20.4 Å². The van der Waals surface area contributed by atoms with Crippen LogP contribution in [0.3, 0.4) is 0 Å². The molecule has 0 bridgehead atoms. The summed E-state index contributed by atoms with van der Waals surface area (Å²) in [5.74, 6) is 0.988. The van der Waals surface area contributed by atoms with E-state index in [0.717, 1.165) is 22.8 Å². The van der Waals surface area contributed by atoms with Gasteiger partial charge in [0, 0.05) is 19.2 Å². The molecule has 2 rings (SSSR count). The SMILES string of the molecule is Cc1cccc(-c2nc(C)c(CN)n2C)c1. The molecule has 0 radical (unpaired) electrons. The van der Waals surface area contributed by atoms with Crippen LogP contribution in [0, 0.1) is 13.8 Å². The predicted molar refractivity (Wildman–Crippen MR) is 66.0 cm³/mol. The summed E-state index contributed by atoms with van der Waals surface area (Å²) in [6.45, 7) is 4.62. The quantitative estimate of drug-likeness (QED) is 0.834. The number of imidazole rings is 1. The van der Waals surface area contributed by atoms with E-state index >= 15 is 0 Å². The number of rotatable bonds is 2. The highest BCUT2D eigenvalue weighted by molar-refractivity contribution is 5.58. The summed E-state index contributed by atoms with van der Waals surface area (Å²) in [6.07, 6.45) is 0. The van der Waals surface area contributed by atoms with Gasteiger partial charge in [0.2, 0.25) is 0 Å². The predicted octanol–water partition coefficient (Wildman–Crippen LogP) is 2.16. The Morgan fingerprint density at radius 3 is 2.62 bits per heavy atom. The van der Waals surface area contributed by atoms with Crippen LogP contribution in [0.4, 0.5) is 0 Å². The summed E-state index contributed by atoms with van der Waals surface area (Å²) in [5, 5.41) is 0. The van der Waals surface area contributed by atoms with Gasteiger partial charge in [0.1, 0.15) is 5.82 Å². The Balaban J connectivity index is 2.56. The molecule has 16 heavy (non-hydrogen) atoms. The fourth-order valence-electron chi connectivity index (χ4n) is 2.00. The largest absolute Gasteiger partial charge is 0.330 e. The van der Waals surface area contributed by atoms with E-state index in [2.05, 4.69) is 40.7 Å². The molecule has 0 spiro atoms. The van der Waals surface area contributed by atoms with Gasteiger partial charge in [-0.15, -0.1) is 0 Å². The van der Waals surface area contributed by atoms with E-state index in [1.165, 1.54) is 5.56 Å². The summed E-state index contributed by atoms with van der Waals surface area (Å²) >= 11 is 0. The Kier molecular flexibility index (Phi) is 2.79. The van der Waals surface area contributed by atoms with Crippen LogP contribution in [0.15, 0.2) is 24.3 Å². The number of aromatic nitrogens is 2. The summed E-state index contributed by atoms with van der Waals surface area (Å²) in [6, 6.07) is 8.36. The van der Waals surface area contributed by atoms with Crippen LogP contribution in [0.25, 0.3) is 11.4 Å².